The lowest BCUT2D eigenvalue weighted by atomic mass is 9.80. The Hall–Kier alpha value is -2.10. The zero-order valence-corrected chi connectivity index (χ0v) is 18.9. The van der Waals surface area contributed by atoms with Crippen LogP contribution in [-0.4, -0.2) is 30.6 Å². The van der Waals surface area contributed by atoms with Crippen molar-refractivity contribution in [3.63, 3.8) is 0 Å². The summed E-state index contributed by atoms with van der Waals surface area (Å²) in [6.45, 7) is 5.70. The lowest BCUT2D eigenvalue weighted by Gasteiger charge is -2.41. The minimum Gasteiger partial charge on any atom is -0.401 e. The molecule has 3 heterocycles. The van der Waals surface area contributed by atoms with E-state index in [1.165, 1.54) is 55.5 Å². The third-order valence-corrected chi connectivity index (χ3v) is 7.84. The van der Waals surface area contributed by atoms with Gasteiger partial charge in [-0.25, -0.2) is 0 Å². The molecule has 1 aromatic carbocycles. The Morgan fingerprint density at radius 3 is 3.00 bits per heavy atom. The van der Waals surface area contributed by atoms with Crippen molar-refractivity contribution in [1.82, 2.24) is 10.2 Å². The van der Waals surface area contributed by atoms with E-state index < -0.39 is 0 Å². The van der Waals surface area contributed by atoms with E-state index in [2.05, 4.69) is 65.7 Å². The molecule has 1 aliphatic carbocycles. The third kappa shape index (κ3) is 4.44. The van der Waals surface area contributed by atoms with Crippen LogP contribution in [0.25, 0.3) is 0 Å². The van der Waals surface area contributed by atoms with Gasteiger partial charge in [-0.15, -0.1) is 0 Å². The fourth-order valence-electron chi connectivity index (χ4n) is 6.09. The number of aryl methyl sites for hydroxylation is 1. The molecule has 3 unspecified atom stereocenters. The van der Waals surface area contributed by atoms with Gasteiger partial charge in [0.15, 0.2) is 0 Å². The van der Waals surface area contributed by atoms with Crippen LogP contribution in [0.1, 0.15) is 62.6 Å². The average molecular weight is 416 g/mol. The first-order valence-corrected chi connectivity index (χ1v) is 12.3. The monoisotopic (exact) mass is 415 g/mol. The number of piperidine rings is 1. The Morgan fingerprint density at radius 2 is 2.06 bits per heavy atom. The second-order valence-corrected chi connectivity index (χ2v) is 9.91. The number of allylic oxidation sites excluding steroid dienone is 6. The van der Waals surface area contributed by atoms with E-state index in [4.69, 9.17) is 5.73 Å². The molecule has 1 saturated heterocycles. The molecule has 164 valence electrons. The number of benzene rings is 1. The molecular weight excluding hydrogens is 378 g/mol. The number of rotatable bonds is 3. The van der Waals surface area contributed by atoms with Crippen molar-refractivity contribution in [2.75, 3.05) is 19.6 Å². The van der Waals surface area contributed by atoms with E-state index >= 15 is 0 Å². The Morgan fingerprint density at radius 1 is 1.16 bits per heavy atom. The normalized spacial score (nSPS) is 29.4. The third-order valence-electron chi connectivity index (χ3n) is 7.84. The number of nitrogens with zero attached hydrogens (tertiary/aromatic N) is 1. The van der Waals surface area contributed by atoms with E-state index in [0.29, 0.717) is 12.1 Å². The summed E-state index contributed by atoms with van der Waals surface area (Å²) < 4.78 is 0. The fourth-order valence-corrected chi connectivity index (χ4v) is 6.09. The minimum atomic E-state index is 0.313. The van der Waals surface area contributed by atoms with E-state index in [1.807, 2.05) is 0 Å². The van der Waals surface area contributed by atoms with Gasteiger partial charge in [0.05, 0.1) is 0 Å². The van der Waals surface area contributed by atoms with Gasteiger partial charge in [0.25, 0.3) is 0 Å². The molecule has 1 aromatic rings. The molecule has 0 saturated carbocycles. The number of hydrogen-bond acceptors (Lipinski definition) is 3. The summed E-state index contributed by atoms with van der Waals surface area (Å²) in [4.78, 5) is 2.75. The summed E-state index contributed by atoms with van der Waals surface area (Å²) in [7, 11) is 0. The molecule has 0 amide bonds. The quantitative estimate of drug-likeness (QED) is 0.714. The predicted molar refractivity (Wildman–Crippen MR) is 130 cm³/mol. The van der Waals surface area contributed by atoms with Crippen LogP contribution in [0.3, 0.4) is 0 Å². The zero-order valence-electron chi connectivity index (χ0n) is 18.9. The highest BCUT2D eigenvalue weighted by molar-refractivity contribution is 5.47. The maximum atomic E-state index is 6.81. The Labute approximate surface area is 187 Å². The second-order valence-electron chi connectivity index (χ2n) is 9.91. The van der Waals surface area contributed by atoms with Crippen molar-refractivity contribution in [3.05, 3.63) is 82.1 Å². The van der Waals surface area contributed by atoms with E-state index in [0.717, 1.165) is 37.4 Å². The first-order chi connectivity index (χ1) is 15.2. The SMILES string of the molecule is CC1=CC=CC(C2=C(N)C(CC3CCN4CCCc5ccccc5C4C3)NCC2)=CC1. The van der Waals surface area contributed by atoms with Gasteiger partial charge in [-0.2, -0.15) is 0 Å². The zero-order chi connectivity index (χ0) is 21.2. The highest BCUT2D eigenvalue weighted by Gasteiger charge is 2.34. The van der Waals surface area contributed by atoms with Crippen LogP contribution in [0, 0.1) is 5.92 Å². The van der Waals surface area contributed by atoms with Crippen molar-refractivity contribution in [2.45, 2.75) is 64.0 Å². The van der Waals surface area contributed by atoms with Crippen LogP contribution in [-0.2, 0) is 6.42 Å². The van der Waals surface area contributed by atoms with Gasteiger partial charge in [-0.05, 0) is 99.7 Å². The van der Waals surface area contributed by atoms with Crippen LogP contribution in [0.2, 0.25) is 0 Å². The maximum Gasteiger partial charge on any atom is 0.0473 e. The van der Waals surface area contributed by atoms with Gasteiger partial charge in [0, 0.05) is 17.8 Å². The Bertz CT molecular complexity index is 935. The summed E-state index contributed by atoms with van der Waals surface area (Å²) in [5.41, 5.74) is 15.2. The summed E-state index contributed by atoms with van der Waals surface area (Å²) in [5.74, 6) is 0.727. The molecule has 0 radical (unpaired) electrons. The lowest BCUT2D eigenvalue weighted by molar-refractivity contribution is 0.107. The van der Waals surface area contributed by atoms with Crippen molar-refractivity contribution in [1.29, 1.82) is 0 Å². The number of nitrogens with one attached hydrogen (secondary N) is 1. The summed E-state index contributed by atoms with van der Waals surface area (Å²) in [6, 6.07) is 10.1. The molecule has 5 rings (SSSR count). The molecule has 3 nitrogen and oxygen atoms in total. The van der Waals surface area contributed by atoms with Crippen LogP contribution in [0.5, 0.6) is 0 Å². The highest BCUT2D eigenvalue weighted by Crippen LogP contribution is 2.40. The predicted octanol–water partition coefficient (Wildman–Crippen LogP) is 5.18. The van der Waals surface area contributed by atoms with Gasteiger partial charge < -0.3 is 11.1 Å². The molecule has 3 N–H and O–H groups in total. The van der Waals surface area contributed by atoms with Gasteiger partial charge in [-0.1, -0.05) is 54.1 Å². The Balaban J connectivity index is 1.32. The van der Waals surface area contributed by atoms with Crippen molar-refractivity contribution in [2.24, 2.45) is 11.7 Å². The standard InChI is InChI=1S/C28H37N3/c1-20-6-4-8-23(12-11-20)25-13-15-30-26(28(25)29)18-21-14-17-31-16-5-9-22-7-2-3-10-24(22)27(31)19-21/h2-4,6-8,10,12,21,26-27,30H,5,9,11,13-19,29H2,1H3. The van der Waals surface area contributed by atoms with Crippen LogP contribution < -0.4 is 11.1 Å². The van der Waals surface area contributed by atoms with Gasteiger partial charge in [0.1, 0.15) is 0 Å². The minimum absolute atomic E-state index is 0.313. The topological polar surface area (TPSA) is 41.3 Å². The van der Waals surface area contributed by atoms with Crippen LogP contribution >= 0.6 is 0 Å². The van der Waals surface area contributed by atoms with Crippen molar-refractivity contribution < 1.29 is 0 Å². The number of nitrogens with two attached hydrogens (primary N) is 1. The van der Waals surface area contributed by atoms with Crippen LogP contribution in [0.15, 0.2) is 71.0 Å². The smallest absolute Gasteiger partial charge is 0.0473 e. The largest absolute Gasteiger partial charge is 0.401 e. The van der Waals surface area contributed by atoms with E-state index in [9.17, 15) is 0 Å². The summed E-state index contributed by atoms with van der Waals surface area (Å²) >= 11 is 0. The molecule has 3 aliphatic heterocycles. The van der Waals surface area contributed by atoms with E-state index in [-0.39, 0.29) is 0 Å². The summed E-state index contributed by atoms with van der Waals surface area (Å²) in [5, 5.41) is 3.75. The van der Waals surface area contributed by atoms with Gasteiger partial charge >= 0.3 is 0 Å². The molecular formula is C28H37N3. The Kier molecular flexibility index (Phi) is 6.15. The highest BCUT2D eigenvalue weighted by atomic mass is 15.2. The molecule has 31 heavy (non-hydrogen) atoms. The molecule has 0 spiro atoms. The first-order valence-electron chi connectivity index (χ1n) is 12.3. The molecule has 3 atom stereocenters. The van der Waals surface area contributed by atoms with Crippen molar-refractivity contribution >= 4 is 0 Å². The first kappa shape index (κ1) is 20.8. The number of hydrogen-bond donors (Lipinski definition) is 2. The second kappa shape index (κ2) is 9.18. The maximum absolute atomic E-state index is 6.81. The molecule has 4 aliphatic rings. The van der Waals surface area contributed by atoms with Crippen LogP contribution in [0.4, 0.5) is 0 Å². The molecule has 1 fully saturated rings. The fraction of sp³-hybridized carbons (Fsp3) is 0.500. The van der Waals surface area contributed by atoms with Crippen molar-refractivity contribution in [3.8, 4) is 0 Å². The van der Waals surface area contributed by atoms with Gasteiger partial charge in [-0.3, -0.25) is 4.90 Å². The lowest BCUT2D eigenvalue weighted by Crippen LogP contribution is -2.43. The average Bonchev–Trinajstić information content (AvgIpc) is 3.11. The number of fused-ring (bicyclic) bond motifs is 3. The molecule has 0 bridgehead atoms. The van der Waals surface area contributed by atoms with E-state index in [1.54, 1.807) is 11.1 Å². The molecule has 0 aromatic heterocycles. The molecule has 3 heteroatoms. The van der Waals surface area contributed by atoms with Gasteiger partial charge in [0.2, 0.25) is 0 Å². The summed E-state index contributed by atoms with van der Waals surface area (Å²) in [6.07, 6.45) is 17.3.